The molecule has 1 N–H and O–H groups in total. The second-order valence-electron chi connectivity index (χ2n) is 4.51. The minimum absolute atomic E-state index is 0.0907. The van der Waals surface area contributed by atoms with Gasteiger partial charge in [0.15, 0.2) is 0 Å². The maximum atomic E-state index is 13.6. The smallest absolute Gasteiger partial charge is 0.294 e. The van der Waals surface area contributed by atoms with Crippen molar-refractivity contribution in [2.24, 2.45) is 0 Å². The molecule has 2 rings (SSSR count). The van der Waals surface area contributed by atoms with Crippen LogP contribution in [0.25, 0.3) is 0 Å². The number of nitro groups is 1. The summed E-state index contributed by atoms with van der Waals surface area (Å²) in [5, 5.41) is 13.8. The second-order valence-corrected chi connectivity index (χ2v) is 4.92. The van der Waals surface area contributed by atoms with Crippen molar-refractivity contribution in [2.75, 3.05) is 38.2 Å². The van der Waals surface area contributed by atoms with Gasteiger partial charge in [-0.1, -0.05) is 11.6 Å². The molecule has 1 atom stereocenters. The van der Waals surface area contributed by atoms with Gasteiger partial charge in [-0.05, 0) is 7.05 Å². The molecular weight excluding hydrogens is 289 g/mol. The first-order valence-corrected chi connectivity index (χ1v) is 6.55. The monoisotopic (exact) mass is 303 g/mol. The minimum atomic E-state index is -0.663. The van der Waals surface area contributed by atoms with Gasteiger partial charge in [-0.15, -0.1) is 0 Å². The number of hydrogen-bond acceptors (Lipinski definition) is 5. The van der Waals surface area contributed by atoms with Crippen LogP contribution >= 0.6 is 11.6 Å². The molecule has 1 heterocycles. The van der Waals surface area contributed by atoms with Gasteiger partial charge in [0.2, 0.25) is 0 Å². The zero-order chi connectivity index (χ0) is 14.7. The molecular formula is C12H15ClFN3O3. The highest BCUT2D eigenvalue weighted by Gasteiger charge is 2.27. The molecule has 0 aliphatic carbocycles. The summed E-state index contributed by atoms with van der Waals surface area (Å²) in [4.78, 5) is 12.3. The molecule has 6 nitrogen and oxygen atoms in total. The van der Waals surface area contributed by atoms with Crippen LogP contribution in [-0.4, -0.2) is 44.3 Å². The average molecular weight is 304 g/mol. The number of benzene rings is 1. The molecule has 20 heavy (non-hydrogen) atoms. The number of ether oxygens (including phenoxy) is 1. The molecule has 1 unspecified atom stereocenters. The maximum absolute atomic E-state index is 13.6. The molecule has 0 radical (unpaired) electrons. The molecule has 1 aromatic rings. The van der Waals surface area contributed by atoms with Crippen molar-refractivity contribution in [1.82, 2.24) is 5.32 Å². The van der Waals surface area contributed by atoms with Crippen molar-refractivity contribution in [3.05, 3.63) is 33.1 Å². The Labute approximate surface area is 120 Å². The summed E-state index contributed by atoms with van der Waals surface area (Å²) in [5.74, 6) is -0.663. The Balaban J connectivity index is 2.31. The standard InChI is InChI=1S/C12H15ClFN3O3/c1-15-6-8-7-16(2-3-20-8)11-5-10(14)9(13)4-12(11)17(18)19/h4-5,8,15H,2-3,6-7H2,1H3. The third kappa shape index (κ3) is 3.17. The van der Waals surface area contributed by atoms with Crippen LogP contribution in [0, 0.1) is 15.9 Å². The fraction of sp³-hybridized carbons (Fsp3) is 0.500. The summed E-state index contributed by atoms with van der Waals surface area (Å²) in [6.07, 6.45) is -0.0907. The number of nitro benzene ring substituents is 1. The quantitative estimate of drug-likeness (QED) is 0.679. The Kier molecular flexibility index (Phi) is 4.74. The molecule has 110 valence electrons. The van der Waals surface area contributed by atoms with Gasteiger partial charge < -0.3 is 15.0 Å². The van der Waals surface area contributed by atoms with Gasteiger partial charge in [0.05, 0.1) is 22.7 Å². The molecule has 0 bridgehead atoms. The molecule has 0 amide bonds. The van der Waals surface area contributed by atoms with E-state index in [4.69, 9.17) is 16.3 Å². The van der Waals surface area contributed by atoms with Crippen molar-refractivity contribution in [2.45, 2.75) is 6.10 Å². The molecule has 1 fully saturated rings. The lowest BCUT2D eigenvalue weighted by atomic mass is 10.2. The number of nitrogens with zero attached hydrogens (tertiary/aromatic N) is 2. The van der Waals surface area contributed by atoms with Gasteiger partial charge in [-0.2, -0.15) is 0 Å². The fourth-order valence-corrected chi connectivity index (χ4v) is 2.37. The number of halogens is 2. The SMILES string of the molecule is CNCC1CN(c2cc(F)c(Cl)cc2[N+](=O)[O-])CCO1. The van der Waals surface area contributed by atoms with Crippen molar-refractivity contribution < 1.29 is 14.1 Å². The number of morpholine rings is 1. The normalized spacial score (nSPS) is 19.1. The Morgan fingerprint density at radius 3 is 3.05 bits per heavy atom. The van der Waals surface area contributed by atoms with Gasteiger partial charge in [-0.3, -0.25) is 10.1 Å². The molecule has 0 aromatic heterocycles. The number of rotatable bonds is 4. The third-order valence-corrected chi connectivity index (χ3v) is 3.42. The van der Waals surface area contributed by atoms with E-state index < -0.39 is 10.7 Å². The Hall–Kier alpha value is -1.44. The minimum Gasteiger partial charge on any atom is -0.373 e. The van der Waals surface area contributed by atoms with Crippen LogP contribution in [-0.2, 0) is 4.74 Å². The Morgan fingerprint density at radius 1 is 1.65 bits per heavy atom. The van der Waals surface area contributed by atoms with Crippen LogP contribution in [0.3, 0.4) is 0 Å². The van der Waals surface area contributed by atoms with E-state index in [9.17, 15) is 14.5 Å². The van der Waals surface area contributed by atoms with Crippen LogP contribution in [0.2, 0.25) is 5.02 Å². The lowest BCUT2D eigenvalue weighted by Gasteiger charge is -2.34. The van der Waals surface area contributed by atoms with E-state index in [1.165, 1.54) is 0 Å². The van der Waals surface area contributed by atoms with Crippen LogP contribution in [0.1, 0.15) is 0 Å². The van der Waals surface area contributed by atoms with E-state index in [-0.39, 0.29) is 22.5 Å². The summed E-state index contributed by atoms with van der Waals surface area (Å²) in [6.45, 7) is 2.00. The molecule has 0 saturated carbocycles. The van der Waals surface area contributed by atoms with Gasteiger partial charge in [0.1, 0.15) is 11.5 Å². The zero-order valence-electron chi connectivity index (χ0n) is 10.9. The predicted octanol–water partition coefficient (Wildman–Crippen LogP) is 1.81. The summed E-state index contributed by atoms with van der Waals surface area (Å²) >= 11 is 5.61. The Morgan fingerprint density at radius 2 is 2.40 bits per heavy atom. The molecule has 1 saturated heterocycles. The Bertz CT molecular complexity index is 513. The van der Waals surface area contributed by atoms with Crippen LogP contribution in [0.4, 0.5) is 15.8 Å². The van der Waals surface area contributed by atoms with Crippen LogP contribution < -0.4 is 10.2 Å². The molecule has 1 aliphatic heterocycles. The summed E-state index contributed by atoms with van der Waals surface area (Å²) in [6, 6.07) is 2.16. The lowest BCUT2D eigenvalue weighted by Crippen LogP contribution is -2.46. The van der Waals surface area contributed by atoms with Gasteiger partial charge in [0, 0.05) is 31.8 Å². The first-order chi connectivity index (χ1) is 9.52. The highest BCUT2D eigenvalue weighted by molar-refractivity contribution is 6.31. The van der Waals surface area contributed by atoms with Crippen LogP contribution in [0.15, 0.2) is 12.1 Å². The predicted molar refractivity (Wildman–Crippen MR) is 73.9 cm³/mol. The molecule has 1 aromatic carbocycles. The van der Waals surface area contributed by atoms with Crippen molar-refractivity contribution in [3.63, 3.8) is 0 Å². The maximum Gasteiger partial charge on any atom is 0.294 e. The van der Waals surface area contributed by atoms with E-state index in [0.717, 1.165) is 12.1 Å². The van der Waals surface area contributed by atoms with E-state index in [1.54, 1.807) is 11.9 Å². The van der Waals surface area contributed by atoms with Gasteiger partial charge in [0.25, 0.3) is 5.69 Å². The third-order valence-electron chi connectivity index (χ3n) is 3.13. The topological polar surface area (TPSA) is 67.6 Å². The average Bonchev–Trinajstić information content (AvgIpc) is 2.42. The summed E-state index contributed by atoms with van der Waals surface area (Å²) in [7, 11) is 1.80. The number of nitrogens with one attached hydrogen (secondary N) is 1. The van der Waals surface area contributed by atoms with E-state index in [2.05, 4.69) is 5.32 Å². The summed E-state index contributed by atoms with van der Waals surface area (Å²) < 4.78 is 19.1. The first kappa shape index (κ1) is 15.0. The van der Waals surface area contributed by atoms with Gasteiger partial charge in [-0.25, -0.2) is 4.39 Å². The second kappa shape index (κ2) is 6.34. The first-order valence-electron chi connectivity index (χ1n) is 6.17. The number of likely N-dealkylation sites (N-methyl/N-ethyl adjacent to an activating group) is 1. The highest BCUT2D eigenvalue weighted by Crippen LogP contribution is 2.33. The molecule has 0 spiro atoms. The number of hydrogen-bond donors (Lipinski definition) is 1. The van der Waals surface area contributed by atoms with E-state index in [0.29, 0.717) is 26.2 Å². The number of anilines is 1. The zero-order valence-corrected chi connectivity index (χ0v) is 11.7. The molecule has 1 aliphatic rings. The van der Waals surface area contributed by atoms with Crippen molar-refractivity contribution in [3.8, 4) is 0 Å². The van der Waals surface area contributed by atoms with E-state index >= 15 is 0 Å². The van der Waals surface area contributed by atoms with E-state index in [1.807, 2.05) is 0 Å². The highest BCUT2D eigenvalue weighted by atomic mass is 35.5. The molecule has 8 heteroatoms. The summed E-state index contributed by atoms with van der Waals surface area (Å²) in [5.41, 5.74) is 0.0443. The van der Waals surface area contributed by atoms with Gasteiger partial charge >= 0.3 is 0 Å². The largest absolute Gasteiger partial charge is 0.373 e. The van der Waals surface area contributed by atoms with Crippen molar-refractivity contribution in [1.29, 1.82) is 0 Å². The fourth-order valence-electron chi connectivity index (χ4n) is 2.21. The van der Waals surface area contributed by atoms with Crippen LogP contribution in [0.5, 0.6) is 0 Å². The lowest BCUT2D eigenvalue weighted by molar-refractivity contribution is -0.384. The van der Waals surface area contributed by atoms with Crippen molar-refractivity contribution >= 4 is 23.0 Å².